The van der Waals surface area contributed by atoms with Crippen molar-refractivity contribution in [2.45, 2.75) is 13.8 Å². The topological polar surface area (TPSA) is 49.8 Å². The Morgan fingerprint density at radius 2 is 2.22 bits per heavy atom. The molecule has 1 rings (SSSR count). The Balaban J connectivity index is 3.20. The quantitative estimate of drug-likeness (QED) is 0.518. The van der Waals surface area contributed by atoms with Crippen LogP contribution in [0, 0.1) is 25.2 Å². The molecule has 0 bridgehead atoms. The molecular weight excluding hydrogens is 116 g/mol. The fourth-order valence-electron chi connectivity index (χ4n) is 0.633. The zero-order chi connectivity index (χ0) is 6.85. The molecule has 0 N–H and O–H groups in total. The van der Waals surface area contributed by atoms with Crippen molar-refractivity contribution in [3.63, 3.8) is 0 Å². The van der Waals surface area contributed by atoms with Crippen LogP contribution in [0.3, 0.4) is 0 Å². The molecule has 0 saturated carbocycles. The van der Waals surface area contributed by atoms with E-state index in [0.717, 1.165) is 0 Å². The zero-order valence-corrected chi connectivity index (χ0v) is 5.30. The zero-order valence-electron chi connectivity index (χ0n) is 5.30. The summed E-state index contributed by atoms with van der Waals surface area (Å²) < 4.78 is 4.97. The van der Waals surface area contributed by atoms with E-state index in [2.05, 4.69) is 4.98 Å². The van der Waals surface area contributed by atoms with Crippen LogP contribution in [0.5, 0.6) is 0 Å². The first-order valence-electron chi connectivity index (χ1n) is 2.58. The molecule has 0 atom stereocenters. The molecule has 0 saturated heterocycles. The summed E-state index contributed by atoms with van der Waals surface area (Å²) in [5.74, 6) is 1.14. The number of oxazole rings is 1. The van der Waals surface area contributed by atoms with Gasteiger partial charge in [-0.1, -0.05) is 0 Å². The van der Waals surface area contributed by atoms with E-state index in [0.29, 0.717) is 17.3 Å². The van der Waals surface area contributed by atoms with E-state index in [4.69, 9.17) is 9.68 Å². The highest BCUT2D eigenvalue weighted by molar-refractivity contribution is 5.22. The Morgan fingerprint density at radius 3 is 2.44 bits per heavy atom. The van der Waals surface area contributed by atoms with Crippen molar-refractivity contribution in [2.24, 2.45) is 0 Å². The van der Waals surface area contributed by atoms with Gasteiger partial charge in [0.2, 0.25) is 0 Å². The molecule has 0 aliphatic carbocycles. The first-order chi connectivity index (χ1) is 4.24. The first kappa shape index (κ1) is 5.83. The third-order valence-corrected chi connectivity index (χ3v) is 1.01. The largest absolute Gasteiger partial charge is 0.445 e. The van der Waals surface area contributed by atoms with Gasteiger partial charge in [0, 0.05) is 6.92 Å². The van der Waals surface area contributed by atoms with E-state index in [1.807, 2.05) is 6.07 Å². The Hall–Kier alpha value is -1.30. The maximum atomic E-state index is 8.36. The van der Waals surface area contributed by atoms with Crippen LogP contribution < -0.4 is 0 Å². The van der Waals surface area contributed by atoms with Crippen LogP contribution in [0.25, 0.3) is 0 Å². The van der Waals surface area contributed by atoms with E-state index in [-0.39, 0.29) is 0 Å². The lowest BCUT2D eigenvalue weighted by Gasteiger charge is -1.75. The average molecular weight is 122 g/mol. The molecule has 0 aliphatic heterocycles. The number of aromatic nitrogens is 1. The van der Waals surface area contributed by atoms with Crippen molar-refractivity contribution in [1.82, 2.24) is 4.98 Å². The summed E-state index contributed by atoms with van der Waals surface area (Å²) in [6, 6.07) is 1.91. The minimum absolute atomic E-state index is 0.382. The van der Waals surface area contributed by atoms with Gasteiger partial charge in [0.05, 0.1) is 0 Å². The van der Waals surface area contributed by atoms with Gasteiger partial charge in [-0.3, -0.25) is 0 Å². The third-order valence-electron chi connectivity index (χ3n) is 1.01. The SMILES string of the molecule is Cc1nc(C#N)c(C)o1. The van der Waals surface area contributed by atoms with Crippen molar-refractivity contribution < 1.29 is 4.42 Å². The van der Waals surface area contributed by atoms with Gasteiger partial charge in [-0.05, 0) is 6.92 Å². The molecule has 1 aromatic rings. The molecular formula is C6H6N2O. The summed E-state index contributed by atoms with van der Waals surface area (Å²) in [7, 11) is 0. The minimum atomic E-state index is 0.382. The Kier molecular flexibility index (Phi) is 1.23. The predicted molar refractivity (Wildman–Crippen MR) is 30.7 cm³/mol. The molecule has 0 fully saturated rings. The number of nitriles is 1. The Bertz CT molecular complexity index is 257. The minimum Gasteiger partial charge on any atom is -0.445 e. The standard InChI is InChI=1S/C6H6N2O/c1-4-6(3-7)8-5(2)9-4/h1-2H3. The summed E-state index contributed by atoms with van der Waals surface area (Å²) >= 11 is 0. The van der Waals surface area contributed by atoms with E-state index in [1.165, 1.54) is 0 Å². The van der Waals surface area contributed by atoms with Crippen LogP contribution in [0.1, 0.15) is 17.3 Å². The average Bonchev–Trinajstić information content (AvgIpc) is 2.10. The summed E-state index contributed by atoms with van der Waals surface area (Å²) in [5.41, 5.74) is 0.382. The van der Waals surface area contributed by atoms with E-state index in [9.17, 15) is 0 Å². The number of hydrogen-bond donors (Lipinski definition) is 0. The van der Waals surface area contributed by atoms with Gasteiger partial charge in [0.1, 0.15) is 11.8 Å². The van der Waals surface area contributed by atoms with Crippen molar-refractivity contribution in [3.8, 4) is 6.07 Å². The summed E-state index contributed by atoms with van der Waals surface area (Å²) in [5, 5.41) is 8.36. The van der Waals surface area contributed by atoms with Crippen LogP contribution in [-0.4, -0.2) is 4.98 Å². The Morgan fingerprint density at radius 1 is 1.56 bits per heavy atom. The lowest BCUT2D eigenvalue weighted by atomic mass is 10.4. The van der Waals surface area contributed by atoms with Gasteiger partial charge in [-0.25, -0.2) is 4.98 Å². The second-order valence-electron chi connectivity index (χ2n) is 1.75. The number of aryl methyl sites for hydroxylation is 2. The molecule has 9 heavy (non-hydrogen) atoms. The van der Waals surface area contributed by atoms with Gasteiger partial charge in [-0.15, -0.1) is 0 Å². The van der Waals surface area contributed by atoms with Gasteiger partial charge >= 0.3 is 0 Å². The monoisotopic (exact) mass is 122 g/mol. The fourth-order valence-corrected chi connectivity index (χ4v) is 0.633. The molecule has 0 radical (unpaired) electrons. The van der Waals surface area contributed by atoms with E-state index < -0.39 is 0 Å². The van der Waals surface area contributed by atoms with Crippen LogP contribution in [0.2, 0.25) is 0 Å². The van der Waals surface area contributed by atoms with Crippen LogP contribution in [0.15, 0.2) is 4.42 Å². The molecule has 46 valence electrons. The van der Waals surface area contributed by atoms with Crippen LogP contribution in [-0.2, 0) is 0 Å². The number of nitrogens with zero attached hydrogens (tertiary/aromatic N) is 2. The lowest BCUT2D eigenvalue weighted by molar-refractivity contribution is 0.494. The number of hydrogen-bond acceptors (Lipinski definition) is 3. The Labute approximate surface area is 52.9 Å². The summed E-state index contributed by atoms with van der Waals surface area (Å²) in [6.07, 6.45) is 0. The maximum Gasteiger partial charge on any atom is 0.192 e. The summed E-state index contributed by atoms with van der Waals surface area (Å²) in [4.78, 5) is 3.80. The van der Waals surface area contributed by atoms with E-state index in [1.54, 1.807) is 13.8 Å². The molecule has 1 aromatic heterocycles. The fraction of sp³-hybridized carbons (Fsp3) is 0.333. The molecule has 0 unspecified atom stereocenters. The molecule has 0 spiro atoms. The highest BCUT2D eigenvalue weighted by atomic mass is 16.4. The molecule has 0 amide bonds. The number of rotatable bonds is 0. The highest BCUT2D eigenvalue weighted by Gasteiger charge is 2.02. The van der Waals surface area contributed by atoms with Crippen molar-refractivity contribution >= 4 is 0 Å². The molecule has 0 aromatic carbocycles. The van der Waals surface area contributed by atoms with Crippen molar-refractivity contribution in [1.29, 1.82) is 5.26 Å². The predicted octanol–water partition coefficient (Wildman–Crippen LogP) is 1.16. The van der Waals surface area contributed by atoms with Crippen molar-refractivity contribution in [3.05, 3.63) is 17.3 Å². The lowest BCUT2D eigenvalue weighted by Crippen LogP contribution is -1.74. The summed E-state index contributed by atoms with van der Waals surface area (Å²) in [6.45, 7) is 3.44. The molecule has 3 heteroatoms. The second kappa shape index (κ2) is 1.90. The molecule has 3 nitrogen and oxygen atoms in total. The first-order valence-corrected chi connectivity index (χ1v) is 2.58. The second-order valence-corrected chi connectivity index (χ2v) is 1.75. The maximum absolute atomic E-state index is 8.36. The van der Waals surface area contributed by atoms with Gasteiger partial charge < -0.3 is 4.42 Å². The van der Waals surface area contributed by atoms with Gasteiger partial charge in [0.15, 0.2) is 11.6 Å². The highest BCUT2D eigenvalue weighted by Crippen LogP contribution is 2.05. The van der Waals surface area contributed by atoms with Crippen molar-refractivity contribution in [2.75, 3.05) is 0 Å². The molecule has 0 aliphatic rings. The van der Waals surface area contributed by atoms with Gasteiger partial charge in [-0.2, -0.15) is 5.26 Å². The van der Waals surface area contributed by atoms with E-state index >= 15 is 0 Å². The smallest absolute Gasteiger partial charge is 0.192 e. The van der Waals surface area contributed by atoms with Gasteiger partial charge in [0.25, 0.3) is 0 Å². The molecule has 1 heterocycles. The normalized spacial score (nSPS) is 9.00. The van der Waals surface area contributed by atoms with Crippen LogP contribution in [0.4, 0.5) is 0 Å². The van der Waals surface area contributed by atoms with Crippen LogP contribution >= 0.6 is 0 Å². The third kappa shape index (κ3) is 0.918.